The van der Waals surface area contributed by atoms with Crippen molar-refractivity contribution in [1.29, 1.82) is 0 Å². The molecule has 0 spiro atoms. The highest BCUT2D eigenvalue weighted by atomic mass is 32.2. The third-order valence-corrected chi connectivity index (χ3v) is 6.01. The Hall–Kier alpha value is -2.87. The molecule has 1 N–H and O–H groups in total. The van der Waals surface area contributed by atoms with E-state index in [9.17, 15) is 4.79 Å². The van der Waals surface area contributed by atoms with Crippen LogP contribution in [-0.2, 0) is 0 Å². The van der Waals surface area contributed by atoms with Gasteiger partial charge in [-0.1, -0.05) is 25.7 Å². The van der Waals surface area contributed by atoms with Crippen molar-refractivity contribution >= 4 is 17.9 Å². The lowest BCUT2D eigenvalue weighted by Crippen LogP contribution is -2.36. The molecule has 0 bridgehead atoms. The third kappa shape index (κ3) is 4.99. The van der Waals surface area contributed by atoms with Gasteiger partial charge in [-0.3, -0.25) is 4.98 Å². The molecular weight excluding hydrogens is 400 g/mol. The van der Waals surface area contributed by atoms with Crippen LogP contribution in [0.25, 0.3) is 22.6 Å². The van der Waals surface area contributed by atoms with Gasteiger partial charge in [0.25, 0.3) is 0 Å². The smallest absolute Gasteiger partial charge is 0.412 e. The van der Waals surface area contributed by atoms with Crippen molar-refractivity contribution in [3.8, 4) is 28.3 Å². The van der Waals surface area contributed by atoms with Gasteiger partial charge >= 0.3 is 6.09 Å². The predicted octanol–water partition coefficient (Wildman–Crippen LogP) is 5.33. The second kappa shape index (κ2) is 9.75. The molecule has 0 atom stereocenters. The van der Waals surface area contributed by atoms with Gasteiger partial charge < -0.3 is 14.5 Å². The molecule has 1 aliphatic carbocycles. The molecule has 8 heteroatoms. The van der Waals surface area contributed by atoms with Crippen LogP contribution in [0, 0.1) is 0 Å². The zero-order chi connectivity index (χ0) is 20.8. The summed E-state index contributed by atoms with van der Waals surface area (Å²) in [6.45, 7) is 0. The van der Waals surface area contributed by atoms with Crippen LogP contribution in [0.1, 0.15) is 38.5 Å². The van der Waals surface area contributed by atoms with E-state index < -0.39 is 6.09 Å². The van der Waals surface area contributed by atoms with E-state index in [-0.39, 0.29) is 6.04 Å². The van der Waals surface area contributed by atoms with Gasteiger partial charge in [-0.25, -0.2) is 4.79 Å². The van der Waals surface area contributed by atoms with E-state index in [0.717, 1.165) is 47.3 Å². The van der Waals surface area contributed by atoms with Gasteiger partial charge in [-0.2, -0.15) is 0 Å². The van der Waals surface area contributed by atoms with Crippen LogP contribution in [0.15, 0.2) is 52.4 Å². The fourth-order valence-corrected chi connectivity index (χ4v) is 4.31. The number of nitrogens with one attached hydrogen (secondary N) is 1. The fourth-order valence-electron chi connectivity index (χ4n) is 3.71. The Balaban J connectivity index is 1.54. The summed E-state index contributed by atoms with van der Waals surface area (Å²) in [5.74, 6) is 0.905. The summed E-state index contributed by atoms with van der Waals surface area (Å²) in [7, 11) is 0. The molecule has 0 aliphatic heterocycles. The first kappa shape index (κ1) is 20.4. The molecular formula is C22H24N4O3S. The molecule has 1 aliphatic rings. The molecule has 0 saturated heterocycles. The second-order valence-electron chi connectivity index (χ2n) is 7.29. The number of amides is 1. The molecule has 1 aromatic carbocycles. The average Bonchev–Trinajstić information content (AvgIpc) is 3.19. The number of ether oxygens (including phenoxy) is 1. The van der Waals surface area contributed by atoms with Gasteiger partial charge in [0.05, 0.1) is 5.56 Å². The minimum Gasteiger partial charge on any atom is -0.423 e. The number of benzene rings is 1. The maximum Gasteiger partial charge on any atom is 0.412 e. The summed E-state index contributed by atoms with van der Waals surface area (Å²) in [6, 6.07) is 7.77. The number of hydrogen-bond acceptors (Lipinski definition) is 7. The highest BCUT2D eigenvalue weighted by Gasteiger charge is 2.17. The predicted molar refractivity (Wildman–Crippen MR) is 115 cm³/mol. The van der Waals surface area contributed by atoms with Crippen LogP contribution in [-0.4, -0.2) is 33.6 Å². The Morgan fingerprint density at radius 1 is 1.13 bits per heavy atom. The van der Waals surface area contributed by atoms with E-state index in [2.05, 4.69) is 20.5 Å². The van der Waals surface area contributed by atoms with Gasteiger partial charge in [0.15, 0.2) is 0 Å². The molecule has 2 heterocycles. The maximum atomic E-state index is 12.4. The number of thioether (sulfide) groups is 1. The van der Waals surface area contributed by atoms with Crippen molar-refractivity contribution in [2.24, 2.45) is 0 Å². The van der Waals surface area contributed by atoms with Crippen molar-refractivity contribution in [3.05, 3.63) is 43.1 Å². The summed E-state index contributed by atoms with van der Waals surface area (Å²) >= 11 is 1.62. The van der Waals surface area contributed by atoms with E-state index in [1.54, 1.807) is 24.2 Å². The lowest BCUT2D eigenvalue weighted by Gasteiger charge is -2.16. The zero-order valence-electron chi connectivity index (χ0n) is 16.8. The number of carbonyl (C=O) groups excluding carboxylic acids is 1. The van der Waals surface area contributed by atoms with E-state index in [1.165, 1.54) is 19.2 Å². The van der Waals surface area contributed by atoms with E-state index in [4.69, 9.17) is 9.15 Å². The lowest BCUT2D eigenvalue weighted by molar-refractivity contribution is 0.194. The first-order valence-electron chi connectivity index (χ1n) is 10.1. The number of aromatic nitrogens is 3. The minimum atomic E-state index is -0.400. The van der Waals surface area contributed by atoms with Gasteiger partial charge in [-0.05, 0) is 43.4 Å². The third-order valence-electron chi connectivity index (χ3n) is 5.21. The topological polar surface area (TPSA) is 90.1 Å². The van der Waals surface area contributed by atoms with Crippen molar-refractivity contribution in [1.82, 2.24) is 20.5 Å². The van der Waals surface area contributed by atoms with Crippen molar-refractivity contribution in [2.45, 2.75) is 49.5 Å². The van der Waals surface area contributed by atoms with E-state index in [0.29, 0.717) is 11.6 Å². The highest BCUT2D eigenvalue weighted by molar-refractivity contribution is 7.98. The van der Waals surface area contributed by atoms with Crippen LogP contribution in [0.2, 0.25) is 0 Å². The molecule has 4 rings (SSSR count). The largest absolute Gasteiger partial charge is 0.423 e. The average molecular weight is 425 g/mol. The van der Waals surface area contributed by atoms with Crippen LogP contribution < -0.4 is 10.1 Å². The molecule has 0 radical (unpaired) electrons. The van der Waals surface area contributed by atoms with Gasteiger partial charge in [0, 0.05) is 34.5 Å². The number of nitrogens with zero attached hydrogens (tertiary/aromatic N) is 3. The Kier molecular flexibility index (Phi) is 6.63. The number of hydrogen-bond donors (Lipinski definition) is 1. The molecule has 2 aromatic heterocycles. The number of rotatable bonds is 5. The van der Waals surface area contributed by atoms with Crippen LogP contribution in [0.4, 0.5) is 4.79 Å². The van der Waals surface area contributed by atoms with Gasteiger partial charge in [0.1, 0.15) is 5.75 Å². The SMILES string of the molecule is CSc1ccc(OC(=O)NC2CCCCCC2)cc1-c1cncc(-c2nnco2)c1. The summed E-state index contributed by atoms with van der Waals surface area (Å²) in [5.41, 5.74) is 2.54. The first-order chi connectivity index (χ1) is 14.7. The Morgan fingerprint density at radius 2 is 1.93 bits per heavy atom. The monoisotopic (exact) mass is 424 g/mol. The fraction of sp³-hybridized carbons (Fsp3) is 0.364. The second-order valence-corrected chi connectivity index (χ2v) is 8.14. The zero-order valence-corrected chi connectivity index (χ0v) is 17.7. The summed E-state index contributed by atoms with van der Waals surface area (Å²) in [5, 5.41) is 10.7. The van der Waals surface area contributed by atoms with Crippen LogP contribution >= 0.6 is 11.8 Å². The van der Waals surface area contributed by atoms with Crippen LogP contribution in [0.5, 0.6) is 5.75 Å². The molecule has 156 valence electrons. The van der Waals surface area contributed by atoms with Crippen LogP contribution in [0.3, 0.4) is 0 Å². The van der Waals surface area contributed by atoms with E-state index >= 15 is 0 Å². The Morgan fingerprint density at radius 3 is 2.67 bits per heavy atom. The summed E-state index contributed by atoms with van der Waals surface area (Å²) in [4.78, 5) is 17.8. The molecule has 3 aromatic rings. The quantitative estimate of drug-likeness (QED) is 0.437. The Labute approximate surface area is 179 Å². The number of carbonyl (C=O) groups is 1. The summed E-state index contributed by atoms with van der Waals surface area (Å²) in [6.07, 6.45) is 13.2. The number of pyridine rings is 1. The normalized spacial score (nSPS) is 14.8. The molecule has 1 amide bonds. The van der Waals surface area contributed by atoms with Crippen molar-refractivity contribution in [2.75, 3.05) is 6.26 Å². The van der Waals surface area contributed by atoms with E-state index in [1.807, 2.05) is 30.5 Å². The molecule has 30 heavy (non-hydrogen) atoms. The maximum absolute atomic E-state index is 12.4. The lowest BCUT2D eigenvalue weighted by atomic mass is 10.1. The minimum absolute atomic E-state index is 0.195. The molecule has 1 fully saturated rings. The van der Waals surface area contributed by atoms with Crippen molar-refractivity contribution in [3.63, 3.8) is 0 Å². The molecule has 1 saturated carbocycles. The molecule has 0 unspecified atom stereocenters. The standard InChI is InChI=1S/C22H24N4O3S/c1-30-20-9-8-18(29-22(27)25-17-6-4-2-3-5-7-17)11-19(20)15-10-16(13-23-12-15)21-26-24-14-28-21/h8-14,17H,2-7H2,1H3,(H,25,27). The highest BCUT2D eigenvalue weighted by Crippen LogP contribution is 2.34. The van der Waals surface area contributed by atoms with Crippen molar-refractivity contribution < 1.29 is 13.9 Å². The first-order valence-corrected chi connectivity index (χ1v) is 11.3. The molecule has 7 nitrogen and oxygen atoms in total. The van der Waals surface area contributed by atoms with Gasteiger partial charge in [0.2, 0.25) is 12.3 Å². The van der Waals surface area contributed by atoms with Gasteiger partial charge in [-0.15, -0.1) is 22.0 Å². The summed E-state index contributed by atoms with van der Waals surface area (Å²) < 4.78 is 10.9. The Bertz CT molecular complexity index is 986.